The molecule has 6 nitrogen and oxygen atoms in total. The predicted molar refractivity (Wildman–Crippen MR) is 88.6 cm³/mol. The summed E-state index contributed by atoms with van der Waals surface area (Å²) in [6, 6.07) is 7.82. The fourth-order valence-corrected chi connectivity index (χ4v) is 2.69. The molecule has 1 unspecified atom stereocenters. The number of nitrogens with zero attached hydrogens (tertiary/aromatic N) is 2. The first-order valence-corrected chi connectivity index (χ1v) is 8.15. The Morgan fingerprint density at radius 1 is 1.40 bits per heavy atom. The molecule has 25 heavy (non-hydrogen) atoms. The maximum Gasteiger partial charge on any atom is 0.387 e. The molecule has 0 radical (unpaired) electrons. The lowest BCUT2D eigenvalue weighted by molar-refractivity contribution is -0.0498. The number of halogens is 2. The molecule has 3 rings (SSSR count). The van der Waals surface area contributed by atoms with Crippen LogP contribution in [-0.4, -0.2) is 22.4 Å². The van der Waals surface area contributed by atoms with Crippen molar-refractivity contribution in [2.45, 2.75) is 39.0 Å². The van der Waals surface area contributed by atoms with E-state index in [-0.39, 0.29) is 24.4 Å². The molecular weight excluding hydrogens is 330 g/mol. The standard InChI is InChI=1S/C17H20F2N4O2/c1-11(13-5-6-13)23-15(7-8-21-23)22-17(24)20-10-12-3-2-4-14(9-12)25-16(18)19/h2-4,7-9,11,13,16H,5-6,10H2,1H3,(H2,20,22,24). The van der Waals surface area contributed by atoms with E-state index in [9.17, 15) is 13.6 Å². The van der Waals surface area contributed by atoms with E-state index in [2.05, 4.69) is 27.4 Å². The van der Waals surface area contributed by atoms with Gasteiger partial charge >= 0.3 is 12.6 Å². The van der Waals surface area contributed by atoms with E-state index in [4.69, 9.17) is 0 Å². The molecule has 2 amide bonds. The highest BCUT2D eigenvalue weighted by atomic mass is 19.3. The summed E-state index contributed by atoms with van der Waals surface area (Å²) in [4.78, 5) is 12.1. The monoisotopic (exact) mass is 350 g/mol. The second kappa shape index (κ2) is 7.50. The van der Waals surface area contributed by atoms with Crippen molar-refractivity contribution in [3.8, 4) is 5.75 Å². The van der Waals surface area contributed by atoms with Gasteiger partial charge in [-0.05, 0) is 43.4 Å². The molecule has 1 aromatic heterocycles. The number of anilines is 1. The van der Waals surface area contributed by atoms with Gasteiger partial charge in [-0.25, -0.2) is 9.48 Å². The number of ether oxygens (including phenoxy) is 1. The normalized spacial score (nSPS) is 15.0. The number of amides is 2. The Labute approximate surface area is 144 Å². The summed E-state index contributed by atoms with van der Waals surface area (Å²) in [6.45, 7) is -0.596. The van der Waals surface area contributed by atoms with Gasteiger partial charge in [0.25, 0.3) is 0 Å². The van der Waals surface area contributed by atoms with E-state index in [0.717, 1.165) is 0 Å². The van der Waals surface area contributed by atoms with Gasteiger partial charge in [0.15, 0.2) is 0 Å². The van der Waals surface area contributed by atoms with Gasteiger partial charge < -0.3 is 10.1 Å². The Kier molecular flexibility index (Phi) is 5.16. The summed E-state index contributed by atoms with van der Waals surface area (Å²) in [5, 5.41) is 9.74. The van der Waals surface area contributed by atoms with Crippen LogP contribution >= 0.6 is 0 Å². The zero-order chi connectivity index (χ0) is 17.8. The van der Waals surface area contributed by atoms with Crippen LogP contribution in [-0.2, 0) is 6.54 Å². The number of benzene rings is 1. The van der Waals surface area contributed by atoms with Crippen LogP contribution in [0.5, 0.6) is 5.75 Å². The van der Waals surface area contributed by atoms with Crippen molar-refractivity contribution in [1.82, 2.24) is 15.1 Å². The van der Waals surface area contributed by atoms with Crippen LogP contribution in [0, 0.1) is 5.92 Å². The Balaban J connectivity index is 1.54. The van der Waals surface area contributed by atoms with Crippen molar-refractivity contribution in [2.75, 3.05) is 5.32 Å². The van der Waals surface area contributed by atoms with Crippen LogP contribution in [0.15, 0.2) is 36.5 Å². The number of hydrogen-bond donors (Lipinski definition) is 2. The third-order valence-electron chi connectivity index (χ3n) is 4.18. The van der Waals surface area contributed by atoms with Crippen LogP contribution < -0.4 is 15.4 Å². The van der Waals surface area contributed by atoms with E-state index >= 15 is 0 Å². The first-order chi connectivity index (χ1) is 12.0. The quantitative estimate of drug-likeness (QED) is 0.798. The molecule has 1 aliphatic rings. The third-order valence-corrected chi connectivity index (χ3v) is 4.18. The van der Waals surface area contributed by atoms with Crippen molar-refractivity contribution in [3.05, 3.63) is 42.1 Å². The fourth-order valence-electron chi connectivity index (χ4n) is 2.69. The van der Waals surface area contributed by atoms with Gasteiger partial charge in [-0.15, -0.1) is 0 Å². The summed E-state index contributed by atoms with van der Waals surface area (Å²) in [5.74, 6) is 1.30. The molecule has 1 fully saturated rings. The molecule has 1 saturated carbocycles. The number of urea groups is 1. The van der Waals surface area contributed by atoms with E-state index in [1.807, 2.05) is 4.68 Å². The van der Waals surface area contributed by atoms with Gasteiger partial charge in [-0.1, -0.05) is 12.1 Å². The Morgan fingerprint density at radius 3 is 2.92 bits per heavy atom. The second-order valence-corrected chi connectivity index (χ2v) is 6.07. The van der Waals surface area contributed by atoms with Crippen molar-refractivity contribution >= 4 is 11.8 Å². The van der Waals surface area contributed by atoms with E-state index < -0.39 is 6.61 Å². The maximum absolute atomic E-state index is 12.2. The molecule has 1 aromatic carbocycles. The minimum atomic E-state index is -2.87. The lowest BCUT2D eigenvalue weighted by atomic mass is 10.2. The molecule has 2 aromatic rings. The molecule has 8 heteroatoms. The van der Waals surface area contributed by atoms with Crippen molar-refractivity contribution in [3.63, 3.8) is 0 Å². The highest BCUT2D eigenvalue weighted by Gasteiger charge is 2.30. The van der Waals surface area contributed by atoms with Crippen molar-refractivity contribution in [1.29, 1.82) is 0 Å². The maximum atomic E-state index is 12.2. The van der Waals surface area contributed by atoms with Gasteiger partial charge in [0, 0.05) is 12.6 Å². The fraction of sp³-hybridized carbons (Fsp3) is 0.412. The number of carbonyl (C=O) groups is 1. The molecule has 0 aliphatic heterocycles. The number of rotatable bonds is 7. The number of aromatic nitrogens is 2. The molecular formula is C17H20F2N4O2. The minimum absolute atomic E-state index is 0.0612. The zero-order valence-electron chi connectivity index (χ0n) is 13.8. The average molecular weight is 350 g/mol. The van der Waals surface area contributed by atoms with Gasteiger partial charge in [-0.2, -0.15) is 13.9 Å². The summed E-state index contributed by atoms with van der Waals surface area (Å²) >= 11 is 0. The lowest BCUT2D eigenvalue weighted by Gasteiger charge is -2.15. The first-order valence-electron chi connectivity index (χ1n) is 8.15. The SMILES string of the molecule is CC(C1CC1)n1nccc1NC(=O)NCc1cccc(OC(F)F)c1. The Morgan fingerprint density at radius 2 is 2.20 bits per heavy atom. The predicted octanol–water partition coefficient (Wildman–Crippen LogP) is 3.78. The topological polar surface area (TPSA) is 68.2 Å². The Hall–Kier alpha value is -2.64. The summed E-state index contributed by atoms with van der Waals surface area (Å²) in [5.41, 5.74) is 0.660. The van der Waals surface area contributed by atoms with E-state index in [0.29, 0.717) is 17.3 Å². The summed E-state index contributed by atoms with van der Waals surface area (Å²) < 4.78 is 30.6. The Bertz CT molecular complexity index is 731. The number of nitrogens with one attached hydrogen (secondary N) is 2. The molecule has 1 atom stereocenters. The van der Waals surface area contributed by atoms with Crippen LogP contribution in [0.3, 0.4) is 0 Å². The third kappa shape index (κ3) is 4.68. The number of alkyl halides is 2. The molecule has 0 saturated heterocycles. The average Bonchev–Trinajstić information content (AvgIpc) is 3.32. The molecule has 134 valence electrons. The van der Waals surface area contributed by atoms with Crippen LogP contribution in [0.2, 0.25) is 0 Å². The second-order valence-electron chi connectivity index (χ2n) is 6.07. The number of hydrogen-bond acceptors (Lipinski definition) is 3. The minimum Gasteiger partial charge on any atom is -0.435 e. The smallest absolute Gasteiger partial charge is 0.387 e. The van der Waals surface area contributed by atoms with Crippen LogP contribution in [0.25, 0.3) is 0 Å². The summed E-state index contributed by atoms with van der Waals surface area (Å²) in [6.07, 6.45) is 4.02. The van der Waals surface area contributed by atoms with Crippen molar-refractivity contribution < 1.29 is 18.3 Å². The van der Waals surface area contributed by atoms with Gasteiger partial charge in [0.1, 0.15) is 11.6 Å². The molecule has 1 heterocycles. The van der Waals surface area contributed by atoms with Gasteiger partial charge in [0.05, 0.1) is 12.2 Å². The van der Waals surface area contributed by atoms with Gasteiger partial charge in [-0.3, -0.25) is 5.32 Å². The largest absolute Gasteiger partial charge is 0.435 e. The molecule has 1 aliphatic carbocycles. The summed E-state index contributed by atoms with van der Waals surface area (Å²) in [7, 11) is 0. The highest BCUT2D eigenvalue weighted by Crippen LogP contribution is 2.40. The van der Waals surface area contributed by atoms with Crippen molar-refractivity contribution in [2.24, 2.45) is 5.92 Å². The number of carbonyl (C=O) groups excluding carboxylic acids is 1. The molecule has 0 bridgehead atoms. The lowest BCUT2D eigenvalue weighted by Crippen LogP contribution is -2.29. The van der Waals surface area contributed by atoms with Crippen LogP contribution in [0.1, 0.15) is 31.4 Å². The zero-order valence-corrected chi connectivity index (χ0v) is 13.8. The van der Waals surface area contributed by atoms with E-state index in [1.54, 1.807) is 24.4 Å². The molecule has 2 N–H and O–H groups in total. The first kappa shape index (κ1) is 17.2. The van der Waals surface area contributed by atoms with Crippen LogP contribution in [0.4, 0.5) is 19.4 Å². The molecule has 0 spiro atoms. The van der Waals surface area contributed by atoms with E-state index in [1.165, 1.54) is 25.0 Å². The van der Waals surface area contributed by atoms with Gasteiger partial charge in [0.2, 0.25) is 0 Å². The highest BCUT2D eigenvalue weighted by molar-refractivity contribution is 5.88.